The molecule has 0 aliphatic heterocycles. The molecule has 0 N–H and O–H groups in total. The van der Waals surface area contributed by atoms with Crippen LogP contribution >= 0.6 is 0 Å². The van der Waals surface area contributed by atoms with Gasteiger partial charge in [0, 0.05) is 51.3 Å². The first kappa shape index (κ1) is 26.2. The molecule has 9 aromatic rings. The molecule has 0 amide bonds. The van der Waals surface area contributed by atoms with Crippen LogP contribution in [-0.4, -0.2) is 19.1 Å². The van der Waals surface area contributed by atoms with Crippen molar-refractivity contribution in [3.05, 3.63) is 157 Å². The molecular formula is C41H28N4O. The molecular weight excluding hydrogens is 564 g/mol. The highest BCUT2D eigenvalue weighted by atomic mass is 16.5. The predicted octanol–water partition coefficient (Wildman–Crippen LogP) is 10.4. The molecule has 0 unspecified atom stereocenters. The fourth-order valence-electron chi connectivity index (χ4n) is 6.74. The smallest absolute Gasteiger partial charge is 0.145 e. The Hall–Kier alpha value is -6.20. The molecule has 0 spiro atoms. The number of fused-ring (bicyclic) bond motifs is 7. The second kappa shape index (κ2) is 10.5. The van der Waals surface area contributed by atoms with Gasteiger partial charge in [-0.05, 0) is 91.3 Å². The lowest BCUT2D eigenvalue weighted by atomic mass is 10.1. The summed E-state index contributed by atoms with van der Waals surface area (Å²) in [6.45, 7) is 2.08. The number of aromatic nitrogens is 4. The number of pyridine rings is 2. The topological polar surface area (TPSA) is 44.9 Å². The molecule has 9 rings (SSSR count). The zero-order valence-corrected chi connectivity index (χ0v) is 25.1. The van der Waals surface area contributed by atoms with Gasteiger partial charge in [-0.3, -0.25) is 9.55 Å². The molecule has 0 saturated carbocycles. The lowest BCUT2D eigenvalue weighted by molar-refractivity contribution is 0.482. The van der Waals surface area contributed by atoms with Crippen LogP contribution in [0.3, 0.4) is 0 Å². The molecule has 4 heterocycles. The zero-order valence-electron chi connectivity index (χ0n) is 25.1. The van der Waals surface area contributed by atoms with Crippen LogP contribution in [0.2, 0.25) is 0 Å². The minimum atomic E-state index is 0.750. The third-order valence-corrected chi connectivity index (χ3v) is 8.70. The van der Waals surface area contributed by atoms with E-state index in [-0.39, 0.29) is 0 Å². The number of ether oxygens (including phenoxy) is 1. The largest absolute Gasteiger partial charge is 0.457 e. The molecule has 218 valence electrons. The monoisotopic (exact) mass is 592 g/mol. The summed E-state index contributed by atoms with van der Waals surface area (Å²) in [7, 11) is 0. The maximum atomic E-state index is 6.45. The van der Waals surface area contributed by atoms with E-state index < -0.39 is 0 Å². The molecule has 0 saturated heterocycles. The molecule has 0 aliphatic carbocycles. The Balaban J connectivity index is 1.22. The maximum Gasteiger partial charge on any atom is 0.145 e. The van der Waals surface area contributed by atoms with Crippen LogP contribution in [0.1, 0.15) is 5.56 Å². The fraction of sp³-hybridized carbons (Fsp3) is 0.0244. The zero-order chi connectivity index (χ0) is 30.6. The molecule has 5 heteroatoms. The number of hydrogen-bond donors (Lipinski definition) is 0. The molecule has 0 fully saturated rings. The number of para-hydroxylation sites is 2. The van der Waals surface area contributed by atoms with Gasteiger partial charge < -0.3 is 9.30 Å². The lowest BCUT2D eigenvalue weighted by Crippen LogP contribution is -1.96. The lowest BCUT2D eigenvalue weighted by Gasteiger charge is -2.12. The van der Waals surface area contributed by atoms with E-state index in [0.29, 0.717) is 0 Å². The molecule has 0 bridgehead atoms. The minimum absolute atomic E-state index is 0.750. The van der Waals surface area contributed by atoms with Gasteiger partial charge in [-0.15, -0.1) is 0 Å². The molecule has 0 radical (unpaired) electrons. The summed E-state index contributed by atoms with van der Waals surface area (Å²) in [6, 6.07) is 48.3. The second-order valence-corrected chi connectivity index (χ2v) is 11.6. The summed E-state index contributed by atoms with van der Waals surface area (Å²) in [6.07, 6.45) is 3.71. The average molecular weight is 593 g/mol. The summed E-state index contributed by atoms with van der Waals surface area (Å²) < 4.78 is 11.1. The van der Waals surface area contributed by atoms with E-state index >= 15 is 0 Å². The van der Waals surface area contributed by atoms with E-state index in [1.807, 2.05) is 54.9 Å². The van der Waals surface area contributed by atoms with Crippen molar-refractivity contribution in [2.45, 2.75) is 6.92 Å². The van der Waals surface area contributed by atoms with Crippen molar-refractivity contribution in [3.63, 3.8) is 0 Å². The van der Waals surface area contributed by atoms with Crippen molar-refractivity contribution >= 4 is 43.7 Å². The summed E-state index contributed by atoms with van der Waals surface area (Å²) in [5.41, 5.74) is 9.60. The van der Waals surface area contributed by atoms with Crippen molar-refractivity contribution < 1.29 is 4.74 Å². The first-order chi connectivity index (χ1) is 22.7. The molecule has 46 heavy (non-hydrogen) atoms. The first-order valence-electron chi connectivity index (χ1n) is 15.4. The van der Waals surface area contributed by atoms with Gasteiger partial charge in [0.1, 0.15) is 17.1 Å². The molecule has 0 aliphatic rings. The number of rotatable bonds is 5. The Morgan fingerprint density at radius 2 is 1.22 bits per heavy atom. The summed E-state index contributed by atoms with van der Waals surface area (Å²) >= 11 is 0. The highest BCUT2D eigenvalue weighted by molar-refractivity contribution is 6.28. The van der Waals surface area contributed by atoms with E-state index in [1.165, 1.54) is 32.8 Å². The molecule has 5 aromatic carbocycles. The summed E-state index contributed by atoms with van der Waals surface area (Å²) in [5.74, 6) is 1.51. The van der Waals surface area contributed by atoms with Gasteiger partial charge in [0.2, 0.25) is 0 Å². The van der Waals surface area contributed by atoms with Crippen LogP contribution in [-0.2, 0) is 0 Å². The number of nitrogens with zero attached hydrogens (tertiary/aromatic N) is 4. The standard InChI is InChI=1S/C41H28N4O/c1-27-21-23-42-35(24-27)28-10-7-14-31(25-28)46-32-15-8-13-30(26-32)45-38-20-19-37-39(40(38)34-17-9-22-43-41(34)45)33-16-5-6-18-36(33)44(37)29-11-3-2-4-12-29/h2-26H,1H3. The fourth-order valence-corrected chi connectivity index (χ4v) is 6.74. The second-order valence-electron chi connectivity index (χ2n) is 11.6. The Labute approximate surface area is 265 Å². The third-order valence-electron chi connectivity index (χ3n) is 8.70. The summed E-state index contributed by atoms with van der Waals surface area (Å²) in [4.78, 5) is 9.48. The number of hydrogen-bond acceptors (Lipinski definition) is 3. The van der Waals surface area contributed by atoms with Crippen molar-refractivity contribution in [1.29, 1.82) is 0 Å². The van der Waals surface area contributed by atoms with Crippen molar-refractivity contribution in [3.8, 4) is 34.1 Å². The highest BCUT2D eigenvalue weighted by Crippen LogP contribution is 2.42. The van der Waals surface area contributed by atoms with Crippen molar-refractivity contribution in [2.24, 2.45) is 0 Å². The number of benzene rings is 5. The van der Waals surface area contributed by atoms with Crippen LogP contribution in [0.25, 0.3) is 66.4 Å². The summed E-state index contributed by atoms with van der Waals surface area (Å²) in [5, 5.41) is 4.75. The van der Waals surface area contributed by atoms with Crippen LogP contribution in [0.5, 0.6) is 11.5 Å². The normalized spacial score (nSPS) is 11.6. The molecule has 5 nitrogen and oxygen atoms in total. The highest BCUT2D eigenvalue weighted by Gasteiger charge is 2.21. The van der Waals surface area contributed by atoms with Crippen LogP contribution in [0, 0.1) is 6.92 Å². The van der Waals surface area contributed by atoms with E-state index in [0.717, 1.165) is 50.7 Å². The molecule has 0 atom stereocenters. The predicted molar refractivity (Wildman–Crippen MR) is 187 cm³/mol. The van der Waals surface area contributed by atoms with Crippen LogP contribution in [0.15, 0.2) is 152 Å². The Bertz CT molecular complexity index is 2580. The average Bonchev–Trinajstić information content (AvgIpc) is 3.62. The quantitative estimate of drug-likeness (QED) is 0.200. The number of aryl methyl sites for hydroxylation is 1. The van der Waals surface area contributed by atoms with Crippen LogP contribution in [0.4, 0.5) is 0 Å². The van der Waals surface area contributed by atoms with Gasteiger partial charge in [0.05, 0.1) is 27.9 Å². The van der Waals surface area contributed by atoms with Gasteiger partial charge in [-0.25, -0.2) is 4.98 Å². The van der Waals surface area contributed by atoms with Gasteiger partial charge in [-0.1, -0.05) is 54.6 Å². The van der Waals surface area contributed by atoms with E-state index in [9.17, 15) is 0 Å². The maximum absolute atomic E-state index is 6.45. The Kier molecular flexibility index (Phi) is 5.96. The first-order valence-corrected chi connectivity index (χ1v) is 15.4. The van der Waals surface area contributed by atoms with Crippen molar-refractivity contribution in [1.82, 2.24) is 19.1 Å². The third kappa shape index (κ3) is 4.17. The Morgan fingerprint density at radius 1 is 0.500 bits per heavy atom. The van der Waals surface area contributed by atoms with E-state index in [2.05, 4.69) is 118 Å². The van der Waals surface area contributed by atoms with Gasteiger partial charge in [0.25, 0.3) is 0 Å². The van der Waals surface area contributed by atoms with Gasteiger partial charge in [-0.2, -0.15) is 0 Å². The van der Waals surface area contributed by atoms with Crippen LogP contribution < -0.4 is 4.74 Å². The Morgan fingerprint density at radius 3 is 2.09 bits per heavy atom. The molecule has 4 aromatic heterocycles. The van der Waals surface area contributed by atoms with Gasteiger partial charge in [0.15, 0.2) is 0 Å². The van der Waals surface area contributed by atoms with E-state index in [4.69, 9.17) is 9.72 Å². The SMILES string of the molecule is Cc1ccnc(-c2cccc(Oc3cccc(-n4c5ccc6c(c7ccccc7n6-c6ccccc6)c5c5cccnc54)c3)c2)c1. The minimum Gasteiger partial charge on any atom is -0.457 e. The van der Waals surface area contributed by atoms with Crippen molar-refractivity contribution in [2.75, 3.05) is 0 Å². The van der Waals surface area contributed by atoms with E-state index in [1.54, 1.807) is 0 Å². The van der Waals surface area contributed by atoms with Gasteiger partial charge >= 0.3 is 0 Å².